The van der Waals surface area contributed by atoms with Gasteiger partial charge < -0.3 is 10.4 Å². The molecule has 0 atom stereocenters. The fourth-order valence-electron chi connectivity index (χ4n) is 1.70. The number of carbonyl (C=O) groups is 1. The fraction of sp³-hybridized carbons (Fsp3) is 0.176. The molecule has 106 valence electrons. The number of aromatic nitrogens is 1. The molecule has 21 heavy (non-hydrogen) atoms. The number of benzene rings is 1. The number of pyridine rings is 1. The summed E-state index contributed by atoms with van der Waals surface area (Å²) in [7, 11) is 0. The van der Waals surface area contributed by atoms with Crippen LogP contribution in [0.15, 0.2) is 48.7 Å². The lowest BCUT2D eigenvalue weighted by molar-refractivity contribution is 0.0950. The Morgan fingerprint density at radius 3 is 2.67 bits per heavy atom. The predicted octanol–water partition coefficient (Wildman–Crippen LogP) is 1.75. The summed E-state index contributed by atoms with van der Waals surface area (Å²) in [4.78, 5) is 16.1. The third-order valence-corrected chi connectivity index (χ3v) is 2.77. The van der Waals surface area contributed by atoms with Gasteiger partial charge in [-0.15, -0.1) is 0 Å². The van der Waals surface area contributed by atoms with Crippen molar-refractivity contribution in [2.75, 3.05) is 6.61 Å². The maximum absolute atomic E-state index is 12.0. The van der Waals surface area contributed by atoms with E-state index in [1.807, 2.05) is 18.2 Å². The quantitative estimate of drug-likeness (QED) is 0.839. The highest BCUT2D eigenvalue weighted by Gasteiger charge is 2.04. The minimum atomic E-state index is -0.143. The summed E-state index contributed by atoms with van der Waals surface area (Å²) in [5.41, 5.74) is 2.22. The highest BCUT2D eigenvalue weighted by atomic mass is 16.2. The molecule has 0 aliphatic heterocycles. The molecule has 2 N–H and O–H groups in total. The molecule has 0 aliphatic rings. The van der Waals surface area contributed by atoms with Crippen molar-refractivity contribution in [1.29, 1.82) is 0 Å². The summed E-state index contributed by atoms with van der Waals surface area (Å²) in [6, 6.07) is 12.6. The van der Waals surface area contributed by atoms with Crippen LogP contribution in [0.1, 0.15) is 28.0 Å². The molecule has 0 bridgehead atoms. The number of carbonyl (C=O) groups excluding carboxylic acids is 1. The molecule has 0 saturated carbocycles. The van der Waals surface area contributed by atoms with Gasteiger partial charge in [0.25, 0.3) is 5.91 Å². The summed E-state index contributed by atoms with van der Waals surface area (Å²) in [5, 5.41) is 11.5. The van der Waals surface area contributed by atoms with E-state index in [1.54, 1.807) is 30.5 Å². The Kier molecular flexibility index (Phi) is 5.50. The van der Waals surface area contributed by atoms with Crippen molar-refractivity contribution >= 4 is 5.91 Å². The molecule has 0 fully saturated rings. The molecule has 1 aromatic carbocycles. The maximum atomic E-state index is 12.0. The fourth-order valence-corrected chi connectivity index (χ4v) is 1.70. The molecule has 0 spiro atoms. The number of aliphatic hydroxyl groups is 1. The molecule has 1 amide bonds. The summed E-state index contributed by atoms with van der Waals surface area (Å²) < 4.78 is 0. The van der Waals surface area contributed by atoms with Crippen LogP contribution in [0.2, 0.25) is 0 Å². The standard InChI is InChI=1S/C17H16N2O2/c20-12-4-2-5-14-7-9-15(10-8-14)17(21)19-13-16-6-1-3-11-18-16/h1,3,6-11,20H,4,12-13H2,(H,19,21). The van der Waals surface area contributed by atoms with Gasteiger partial charge in [0, 0.05) is 23.7 Å². The van der Waals surface area contributed by atoms with Crippen molar-refractivity contribution < 1.29 is 9.90 Å². The van der Waals surface area contributed by atoms with Crippen molar-refractivity contribution in [2.24, 2.45) is 0 Å². The van der Waals surface area contributed by atoms with Crippen LogP contribution >= 0.6 is 0 Å². The van der Waals surface area contributed by atoms with Crippen molar-refractivity contribution in [3.63, 3.8) is 0 Å². The summed E-state index contributed by atoms with van der Waals surface area (Å²) >= 11 is 0. The van der Waals surface area contributed by atoms with Gasteiger partial charge in [0.05, 0.1) is 18.8 Å². The smallest absolute Gasteiger partial charge is 0.251 e. The van der Waals surface area contributed by atoms with E-state index in [0.29, 0.717) is 18.5 Å². The van der Waals surface area contributed by atoms with Gasteiger partial charge in [0.2, 0.25) is 0 Å². The third-order valence-electron chi connectivity index (χ3n) is 2.77. The molecule has 1 aromatic heterocycles. The lowest BCUT2D eigenvalue weighted by Gasteiger charge is -2.04. The topological polar surface area (TPSA) is 62.2 Å². The average Bonchev–Trinajstić information content (AvgIpc) is 2.54. The molecule has 2 aromatic rings. The van der Waals surface area contributed by atoms with Crippen LogP contribution in [0.3, 0.4) is 0 Å². The first-order valence-corrected chi connectivity index (χ1v) is 6.67. The van der Waals surface area contributed by atoms with E-state index in [0.717, 1.165) is 11.3 Å². The number of amides is 1. The first-order chi connectivity index (χ1) is 10.3. The first-order valence-electron chi connectivity index (χ1n) is 6.67. The monoisotopic (exact) mass is 280 g/mol. The van der Waals surface area contributed by atoms with Crippen LogP contribution in [0.5, 0.6) is 0 Å². The first kappa shape index (κ1) is 14.8. The Morgan fingerprint density at radius 1 is 1.19 bits per heavy atom. The molecule has 0 aliphatic carbocycles. The molecule has 2 rings (SSSR count). The van der Waals surface area contributed by atoms with E-state index >= 15 is 0 Å². The second-order valence-electron chi connectivity index (χ2n) is 4.36. The highest BCUT2D eigenvalue weighted by Crippen LogP contribution is 2.04. The van der Waals surface area contributed by atoms with Gasteiger partial charge >= 0.3 is 0 Å². The summed E-state index contributed by atoms with van der Waals surface area (Å²) in [6.07, 6.45) is 2.15. The zero-order chi connectivity index (χ0) is 14.9. The van der Waals surface area contributed by atoms with Crippen molar-refractivity contribution in [3.05, 3.63) is 65.5 Å². The van der Waals surface area contributed by atoms with Crippen molar-refractivity contribution in [2.45, 2.75) is 13.0 Å². The SMILES string of the molecule is O=C(NCc1ccccn1)c1ccc(C#CCCO)cc1. The molecule has 0 saturated heterocycles. The number of nitrogens with one attached hydrogen (secondary N) is 1. The lowest BCUT2D eigenvalue weighted by atomic mass is 10.1. The molecular weight excluding hydrogens is 264 g/mol. The van der Waals surface area contributed by atoms with E-state index in [2.05, 4.69) is 22.1 Å². The minimum absolute atomic E-state index is 0.0566. The van der Waals surface area contributed by atoms with Gasteiger partial charge in [-0.05, 0) is 36.4 Å². The molecular formula is C17H16N2O2. The van der Waals surface area contributed by atoms with Crippen LogP contribution in [0.4, 0.5) is 0 Å². The van der Waals surface area contributed by atoms with Crippen LogP contribution in [0, 0.1) is 11.8 Å². The Morgan fingerprint density at radius 2 is 2.00 bits per heavy atom. The molecule has 4 nitrogen and oxygen atoms in total. The van der Waals surface area contributed by atoms with Gasteiger partial charge in [-0.3, -0.25) is 9.78 Å². The Hall–Kier alpha value is -2.64. The van der Waals surface area contributed by atoms with Gasteiger partial charge in [-0.1, -0.05) is 17.9 Å². The van der Waals surface area contributed by atoms with E-state index in [4.69, 9.17) is 5.11 Å². The van der Waals surface area contributed by atoms with Crippen LogP contribution in [0.25, 0.3) is 0 Å². The van der Waals surface area contributed by atoms with Crippen molar-refractivity contribution in [3.8, 4) is 11.8 Å². The van der Waals surface area contributed by atoms with E-state index in [1.165, 1.54) is 0 Å². The summed E-state index contributed by atoms with van der Waals surface area (Å²) in [5.74, 6) is 5.61. The van der Waals surface area contributed by atoms with Gasteiger partial charge in [0.15, 0.2) is 0 Å². The van der Waals surface area contributed by atoms with Crippen LogP contribution in [-0.2, 0) is 6.54 Å². The zero-order valence-corrected chi connectivity index (χ0v) is 11.5. The van der Waals surface area contributed by atoms with Gasteiger partial charge in [-0.25, -0.2) is 0 Å². The van der Waals surface area contributed by atoms with Crippen molar-refractivity contribution in [1.82, 2.24) is 10.3 Å². The maximum Gasteiger partial charge on any atom is 0.251 e. The largest absolute Gasteiger partial charge is 0.395 e. The highest BCUT2D eigenvalue weighted by molar-refractivity contribution is 5.94. The Balaban J connectivity index is 1.92. The summed E-state index contributed by atoms with van der Waals surface area (Å²) in [6.45, 7) is 0.457. The number of nitrogens with zero attached hydrogens (tertiary/aromatic N) is 1. The number of rotatable bonds is 4. The van der Waals surface area contributed by atoms with E-state index in [9.17, 15) is 4.79 Å². The molecule has 0 radical (unpaired) electrons. The van der Waals surface area contributed by atoms with Gasteiger partial charge in [0.1, 0.15) is 0 Å². The van der Waals surface area contributed by atoms with Gasteiger partial charge in [-0.2, -0.15) is 0 Å². The molecule has 0 unspecified atom stereocenters. The predicted molar refractivity (Wildman–Crippen MR) is 80.4 cm³/mol. The van der Waals surface area contributed by atoms with Crippen LogP contribution in [-0.4, -0.2) is 22.6 Å². The molecule has 1 heterocycles. The zero-order valence-electron chi connectivity index (χ0n) is 11.5. The van der Waals surface area contributed by atoms with E-state index in [-0.39, 0.29) is 12.5 Å². The number of hydrogen-bond donors (Lipinski definition) is 2. The van der Waals surface area contributed by atoms with Crippen LogP contribution < -0.4 is 5.32 Å². The lowest BCUT2D eigenvalue weighted by Crippen LogP contribution is -2.23. The second-order valence-corrected chi connectivity index (χ2v) is 4.36. The minimum Gasteiger partial charge on any atom is -0.395 e. The number of hydrogen-bond acceptors (Lipinski definition) is 3. The Labute approximate surface area is 123 Å². The molecule has 4 heteroatoms. The van der Waals surface area contributed by atoms with E-state index < -0.39 is 0 Å². The number of aliphatic hydroxyl groups excluding tert-OH is 1. The normalized spacial score (nSPS) is 9.57. The third kappa shape index (κ3) is 4.75. The Bertz CT molecular complexity index is 640. The second kappa shape index (κ2) is 7.83. The average molecular weight is 280 g/mol.